The zero-order valence-electron chi connectivity index (χ0n) is 16.8. The quantitative estimate of drug-likeness (QED) is 0.462. The van der Waals surface area contributed by atoms with Crippen LogP contribution in [0.1, 0.15) is 17.9 Å². The second kappa shape index (κ2) is 8.35. The molecule has 2 aromatic heterocycles. The fourth-order valence-electron chi connectivity index (χ4n) is 3.61. The van der Waals surface area contributed by atoms with Gasteiger partial charge >= 0.3 is 0 Å². The zero-order valence-corrected chi connectivity index (χ0v) is 16.8. The number of carbonyl (C=O) groups excluding carboxylic acids is 1. The number of likely N-dealkylation sites (N-methyl/N-ethyl adjacent to an activating group) is 1. The van der Waals surface area contributed by atoms with E-state index < -0.39 is 0 Å². The summed E-state index contributed by atoms with van der Waals surface area (Å²) in [5, 5.41) is 5.32. The SMILES string of the molecule is Cc1cc2ccccc2n1CC(=O)N(C)CCCc1cc(-c2ccccc2)no1. The van der Waals surface area contributed by atoms with Crippen molar-refractivity contribution in [3.8, 4) is 11.3 Å². The van der Waals surface area contributed by atoms with Crippen molar-refractivity contribution in [2.24, 2.45) is 0 Å². The average molecular weight is 387 g/mol. The lowest BCUT2D eigenvalue weighted by Crippen LogP contribution is -2.31. The van der Waals surface area contributed by atoms with E-state index in [4.69, 9.17) is 4.52 Å². The van der Waals surface area contributed by atoms with E-state index in [0.29, 0.717) is 13.1 Å². The van der Waals surface area contributed by atoms with Crippen molar-refractivity contribution >= 4 is 16.8 Å². The lowest BCUT2D eigenvalue weighted by Gasteiger charge is -2.18. The molecule has 5 nitrogen and oxygen atoms in total. The number of aromatic nitrogens is 2. The summed E-state index contributed by atoms with van der Waals surface area (Å²) in [6.07, 6.45) is 1.58. The molecule has 2 aromatic carbocycles. The molecule has 0 N–H and O–H groups in total. The molecule has 0 aliphatic carbocycles. The molecule has 0 bridgehead atoms. The third-order valence-corrected chi connectivity index (χ3v) is 5.28. The highest BCUT2D eigenvalue weighted by Gasteiger charge is 2.14. The van der Waals surface area contributed by atoms with Gasteiger partial charge in [-0.2, -0.15) is 0 Å². The number of fused-ring (bicyclic) bond motifs is 1. The van der Waals surface area contributed by atoms with Crippen LogP contribution < -0.4 is 0 Å². The van der Waals surface area contributed by atoms with Crippen LogP contribution in [0.2, 0.25) is 0 Å². The summed E-state index contributed by atoms with van der Waals surface area (Å²) in [6.45, 7) is 3.08. The Balaban J connectivity index is 1.32. The van der Waals surface area contributed by atoms with Gasteiger partial charge in [-0.15, -0.1) is 0 Å². The first kappa shape index (κ1) is 19.0. The minimum absolute atomic E-state index is 0.108. The molecule has 0 radical (unpaired) electrons. The Labute approximate surface area is 170 Å². The fraction of sp³-hybridized carbons (Fsp3) is 0.250. The van der Waals surface area contributed by atoms with Crippen LogP contribution in [0.15, 0.2) is 71.3 Å². The second-order valence-electron chi connectivity index (χ2n) is 7.39. The molecule has 1 amide bonds. The molecule has 0 saturated carbocycles. The summed E-state index contributed by atoms with van der Waals surface area (Å²) in [7, 11) is 1.86. The standard InChI is InChI=1S/C24H25N3O2/c1-18-15-20-11-6-7-13-23(20)27(18)17-24(28)26(2)14-8-12-21-16-22(25-29-21)19-9-4-3-5-10-19/h3-7,9-11,13,15-16H,8,12,14,17H2,1-2H3. The van der Waals surface area contributed by atoms with Crippen molar-refractivity contribution in [3.05, 3.63) is 78.2 Å². The predicted molar refractivity (Wildman–Crippen MR) is 115 cm³/mol. The normalized spacial score (nSPS) is 11.1. The number of rotatable bonds is 7. The first-order chi connectivity index (χ1) is 14.1. The van der Waals surface area contributed by atoms with E-state index in [1.54, 1.807) is 4.90 Å². The summed E-state index contributed by atoms with van der Waals surface area (Å²) in [5.41, 5.74) is 4.09. The van der Waals surface area contributed by atoms with E-state index in [1.165, 1.54) is 5.39 Å². The van der Waals surface area contributed by atoms with Crippen LogP contribution in [0.4, 0.5) is 0 Å². The van der Waals surface area contributed by atoms with E-state index in [9.17, 15) is 4.79 Å². The van der Waals surface area contributed by atoms with Gasteiger partial charge in [-0.3, -0.25) is 4.79 Å². The Bertz CT molecular complexity index is 1110. The average Bonchev–Trinajstić information content (AvgIpc) is 3.33. The highest BCUT2D eigenvalue weighted by atomic mass is 16.5. The Hall–Kier alpha value is -3.34. The summed E-state index contributed by atoms with van der Waals surface area (Å²) < 4.78 is 7.53. The van der Waals surface area contributed by atoms with Gasteiger partial charge in [-0.25, -0.2) is 0 Å². The van der Waals surface area contributed by atoms with Gasteiger partial charge in [0.25, 0.3) is 0 Å². The monoisotopic (exact) mass is 387 g/mol. The maximum atomic E-state index is 12.7. The molecule has 0 saturated heterocycles. The number of hydrogen-bond donors (Lipinski definition) is 0. The molecule has 0 aliphatic heterocycles. The van der Waals surface area contributed by atoms with Crippen LogP contribution in [0.3, 0.4) is 0 Å². The molecule has 5 heteroatoms. The van der Waals surface area contributed by atoms with Gasteiger partial charge in [0.05, 0.1) is 0 Å². The minimum Gasteiger partial charge on any atom is -0.361 e. The Kier molecular flexibility index (Phi) is 5.47. The maximum Gasteiger partial charge on any atom is 0.242 e. The number of benzene rings is 2. The van der Waals surface area contributed by atoms with Gasteiger partial charge in [0.2, 0.25) is 5.91 Å². The molecule has 29 heavy (non-hydrogen) atoms. The fourth-order valence-corrected chi connectivity index (χ4v) is 3.61. The van der Waals surface area contributed by atoms with E-state index in [0.717, 1.165) is 41.1 Å². The lowest BCUT2D eigenvalue weighted by atomic mass is 10.1. The Morgan fingerprint density at radius 1 is 1.07 bits per heavy atom. The van der Waals surface area contributed by atoms with Crippen molar-refractivity contribution in [2.75, 3.05) is 13.6 Å². The molecule has 4 aromatic rings. The summed E-state index contributed by atoms with van der Waals surface area (Å²) in [4.78, 5) is 14.5. The summed E-state index contributed by atoms with van der Waals surface area (Å²) in [6, 6.07) is 22.2. The molecule has 0 spiro atoms. The van der Waals surface area contributed by atoms with Gasteiger partial charge in [0, 0.05) is 42.9 Å². The molecule has 4 rings (SSSR count). The smallest absolute Gasteiger partial charge is 0.242 e. The van der Waals surface area contributed by atoms with Crippen LogP contribution in [0.25, 0.3) is 22.2 Å². The van der Waals surface area contributed by atoms with E-state index in [1.807, 2.05) is 62.5 Å². The van der Waals surface area contributed by atoms with Gasteiger partial charge in [-0.1, -0.05) is 53.7 Å². The number of aryl methyl sites for hydroxylation is 2. The molecular weight excluding hydrogens is 362 g/mol. The molecule has 2 heterocycles. The summed E-state index contributed by atoms with van der Waals surface area (Å²) in [5.74, 6) is 0.953. The van der Waals surface area contributed by atoms with Crippen molar-refractivity contribution < 1.29 is 9.32 Å². The minimum atomic E-state index is 0.108. The topological polar surface area (TPSA) is 51.3 Å². The molecular formula is C24H25N3O2. The van der Waals surface area contributed by atoms with E-state index >= 15 is 0 Å². The largest absolute Gasteiger partial charge is 0.361 e. The van der Waals surface area contributed by atoms with Crippen molar-refractivity contribution in [2.45, 2.75) is 26.3 Å². The first-order valence-electron chi connectivity index (χ1n) is 9.91. The van der Waals surface area contributed by atoms with Crippen LogP contribution in [-0.4, -0.2) is 34.1 Å². The zero-order chi connectivity index (χ0) is 20.2. The number of amides is 1. The number of nitrogens with zero attached hydrogens (tertiary/aromatic N) is 3. The van der Waals surface area contributed by atoms with E-state index in [-0.39, 0.29) is 5.91 Å². The predicted octanol–water partition coefficient (Wildman–Crippen LogP) is 4.70. The van der Waals surface area contributed by atoms with Crippen LogP contribution in [0, 0.1) is 6.92 Å². The third-order valence-electron chi connectivity index (χ3n) is 5.28. The highest BCUT2D eigenvalue weighted by molar-refractivity contribution is 5.84. The number of hydrogen-bond acceptors (Lipinski definition) is 3. The summed E-state index contributed by atoms with van der Waals surface area (Å²) >= 11 is 0. The van der Waals surface area contributed by atoms with Crippen molar-refractivity contribution in [1.29, 1.82) is 0 Å². The number of carbonyl (C=O) groups is 1. The molecule has 0 aliphatic rings. The van der Waals surface area contributed by atoms with Gasteiger partial charge in [0.15, 0.2) is 0 Å². The van der Waals surface area contributed by atoms with Gasteiger partial charge in [-0.05, 0) is 30.9 Å². The van der Waals surface area contributed by atoms with Crippen LogP contribution in [-0.2, 0) is 17.8 Å². The highest BCUT2D eigenvalue weighted by Crippen LogP contribution is 2.20. The van der Waals surface area contributed by atoms with Crippen molar-refractivity contribution in [1.82, 2.24) is 14.6 Å². The van der Waals surface area contributed by atoms with Crippen LogP contribution in [0.5, 0.6) is 0 Å². The maximum absolute atomic E-state index is 12.7. The number of para-hydroxylation sites is 1. The molecule has 0 atom stereocenters. The third kappa shape index (κ3) is 4.24. The van der Waals surface area contributed by atoms with Gasteiger partial charge < -0.3 is 14.0 Å². The van der Waals surface area contributed by atoms with E-state index in [2.05, 4.69) is 27.9 Å². The lowest BCUT2D eigenvalue weighted by molar-refractivity contribution is -0.130. The first-order valence-corrected chi connectivity index (χ1v) is 9.91. The van der Waals surface area contributed by atoms with Crippen molar-refractivity contribution in [3.63, 3.8) is 0 Å². The Morgan fingerprint density at radius 3 is 2.66 bits per heavy atom. The molecule has 148 valence electrons. The van der Waals surface area contributed by atoms with Crippen LogP contribution >= 0.6 is 0 Å². The molecule has 0 fully saturated rings. The second-order valence-corrected chi connectivity index (χ2v) is 7.39. The van der Waals surface area contributed by atoms with Gasteiger partial charge in [0.1, 0.15) is 18.0 Å². The Morgan fingerprint density at radius 2 is 1.83 bits per heavy atom. The molecule has 0 unspecified atom stereocenters.